The number of ether oxygens (including phenoxy) is 1. The molecule has 42 heavy (non-hydrogen) atoms. The van der Waals surface area contributed by atoms with Gasteiger partial charge in [0.1, 0.15) is 18.3 Å². The Hall–Kier alpha value is -2.98. The molecule has 3 aromatic rings. The molecule has 0 aromatic heterocycles. The van der Waals surface area contributed by atoms with E-state index in [2.05, 4.69) is 5.32 Å². The number of rotatable bonds is 13. The molecule has 0 spiro atoms. The highest BCUT2D eigenvalue weighted by molar-refractivity contribution is 7.92. The predicted molar refractivity (Wildman–Crippen MR) is 168 cm³/mol. The lowest BCUT2D eigenvalue weighted by Gasteiger charge is -2.33. The van der Waals surface area contributed by atoms with E-state index in [4.69, 9.17) is 39.5 Å². The number of hydrogen-bond donors (Lipinski definition) is 1. The second-order valence-electron chi connectivity index (χ2n) is 9.96. The second kappa shape index (κ2) is 15.0. The molecule has 0 heterocycles. The van der Waals surface area contributed by atoms with Crippen LogP contribution >= 0.6 is 34.8 Å². The molecule has 0 aliphatic rings. The van der Waals surface area contributed by atoms with Gasteiger partial charge in [0.25, 0.3) is 10.0 Å². The molecular formula is C30H34Cl3N3O5S. The molecule has 226 valence electrons. The van der Waals surface area contributed by atoms with Crippen LogP contribution < -0.4 is 14.4 Å². The number of benzene rings is 3. The van der Waals surface area contributed by atoms with Gasteiger partial charge in [-0.15, -0.1) is 0 Å². The Balaban J connectivity index is 2.09. The van der Waals surface area contributed by atoms with E-state index < -0.39 is 28.5 Å². The lowest BCUT2D eigenvalue weighted by Crippen LogP contribution is -2.52. The fourth-order valence-corrected chi connectivity index (χ4v) is 6.38. The zero-order valence-electron chi connectivity index (χ0n) is 23.8. The van der Waals surface area contributed by atoms with Crippen LogP contribution in [0.5, 0.6) is 5.75 Å². The van der Waals surface area contributed by atoms with Crippen molar-refractivity contribution in [3.8, 4) is 5.75 Å². The Bertz CT molecular complexity index is 1500. The maximum absolute atomic E-state index is 14.2. The van der Waals surface area contributed by atoms with Crippen LogP contribution in [-0.4, -0.2) is 51.4 Å². The van der Waals surface area contributed by atoms with Crippen LogP contribution in [0.4, 0.5) is 5.69 Å². The molecule has 8 nitrogen and oxygen atoms in total. The lowest BCUT2D eigenvalue weighted by atomic mass is 10.1. The minimum absolute atomic E-state index is 0.0150. The standard InChI is InChI=1S/C30H34Cl3N3O5S/c1-5-27(30(38)34-17-20(2)3)35(18-21-11-12-22(31)15-25(21)32)29(37)19-36(23-13-14-28(41-4)26(33)16-23)42(39,40)24-9-7-6-8-10-24/h6-16,20,27H,5,17-19H2,1-4H3,(H,34,38)/t27-/m0/s1. The van der Waals surface area contributed by atoms with Gasteiger partial charge in [-0.05, 0) is 60.4 Å². The summed E-state index contributed by atoms with van der Waals surface area (Å²) >= 11 is 18.9. The molecule has 0 unspecified atom stereocenters. The number of nitrogens with one attached hydrogen (secondary N) is 1. The minimum atomic E-state index is -4.24. The van der Waals surface area contributed by atoms with Crippen molar-refractivity contribution in [2.24, 2.45) is 5.92 Å². The van der Waals surface area contributed by atoms with Gasteiger partial charge in [-0.3, -0.25) is 13.9 Å². The topological polar surface area (TPSA) is 96.0 Å². The fraction of sp³-hybridized carbons (Fsp3) is 0.333. The quantitative estimate of drug-likeness (QED) is 0.229. The Labute approximate surface area is 262 Å². The van der Waals surface area contributed by atoms with Crippen molar-refractivity contribution < 1.29 is 22.7 Å². The maximum atomic E-state index is 14.2. The Morgan fingerprint density at radius 1 is 0.952 bits per heavy atom. The average Bonchev–Trinajstić information content (AvgIpc) is 2.96. The van der Waals surface area contributed by atoms with Crippen molar-refractivity contribution in [1.82, 2.24) is 10.2 Å². The first-order valence-electron chi connectivity index (χ1n) is 13.3. The Kier molecular flexibility index (Phi) is 11.9. The molecule has 3 aromatic carbocycles. The number of methoxy groups -OCH3 is 1. The lowest BCUT2D eigenvalue weighted by molar-refractivity contribution is -0.140. The molecule has 1 atom stereocenters. The largest absolute Gasteiger partial charge is 0.495 e. The summed E-state index contributed by atoms with van der Waals surface area (Å²) in [5.41, 5.74) is 0.703. The molecule has 0 aliphatic heterocycles. The van der Waals surface area contributed by atoms with Crippen molar-refractivity contribution in [2.45, 2.75) is 44.7 Å². The molecule has 2 amide bonds. The number of hydrogen-bond acceptors (Lipinski definition) is 5. The van der Waals surface area contributed by atoms with E-state index in [0.29, 0.717) is 27.9 Å². The van der Waals surface area contributed by atoms with Gasteiger partial charge in [-0.2, -0.15) is 0 Å². The smallest absolute Gasteiger partial charge is 0.264 e. The molecule has 0 saturated carbocycles. The minimum Gasteiger partial charge on any atom is -0.495 e. The third-order valence-electron chi connectivity index (χ3n) is 6.46. The van der Waals surface area contributed by atoms with Crippen molar-refractivity contribution in [2.75, 3.05) is 24.5 Å². The SMILES string of the molecule is CC[C@@H](C(=O)NCC(C)C)N(Cc1ccc(Cl)cc1Cl)C(=O)CN(c1ccc(OC)c(Cl)c1)S(=O)(=O)c1ccccc1. The van der Waals surface area contributed by atoms with Crippen molar-refractivity contribution in [1.29, 1.82) is 0 Å². The third-order valence-corrected chi connectivity index (χ3v) is 9.13. The summed E-state index contributed by atoms with van der Waals surface area (Å²) in [4.78, 5) is 28.8. The van der Waals surface area contributed by atoms with Gasteiger partial charge < -0.3 is 15.0 Å². The van der Waals surface area contributed by atoms with Gasteiger partial charge in [0.15, 0.2) is 0 Å². The van der Waals surface area contributed by atoms with Crippen LogP contribution in [-0.2, 0) is 26.2 Å². The molecule has 0 bridgehead atoms. The van der Waals surface area contributed by atoms with Gasteiger partial charge >= 0.3 is 0 Å². The molecule has 12 heteroatoms. The summed E-state index contributed by atoms with van der Waals surface area (Å²) in [6.45, 7) is 5.46. The summed E-state index contributed by atoms with van der Waals surface area (Å²) in [5, 5.41) is 3.79. The molecule has 0 saturated heterocycles. The highest BCUT2D eigenvalue weighted by atomic mass is 35.5. The normalized spacial score (nSPS) is 12.1. The summed E-state index contributed by atoms with van der Waals surface area (Å²) in [5.74, 6) is -0.433. The highest BCUT2D eigenvalue weighted by Crippen LogP contribution is 2.32. The van der Waals surface area contributed by atoms with E-state index in [-0.39, 0.29) is 40.4 Å². The van der Waals surface area contributed by atoms with Crippen LogP contribution in [0.1, 0.15) is 32.8 Å². The number of halogens is 3. The Morgan fingerprint density at radius 2 is 1.64 bits per heavy atom. The number of carbonyl (C=O) groups excluding carboxylic acids is 2. The average molecular weight is 655 g/mol. The summed E-state index contributed by atoms with van der Waals surface area (Å²) < 4.78 is 34.0. The number of anilines is 1. The van der Waals surface area contributed by atoms with E-state index in [1.165, 1.54) is 42.3 Å². The molecular weight excluding hydrogens is 621 g/mol. The number of carbonyl (C=O) groups is 2. The van der Waals surface area contributed by atoms with E-state index in [0.717, 1.165) is 4.31 Å². The number of amides is 2. The maximum Gasteiger partial charge on any atom is 0.264 e. The van der Waals surface area contributed by atoms with Crippen molar-refractivity contribution in [3.05, 3.63) is 87.4 Å². The summed E-state index contributed by atoms with van der Waals surface area (Å²) in [7, 11) is -2.80. The second-order valence-corrected chi connectivity index (χ2v) is 13.1. The van der Waals surface area contributed by atoms with Crippen molar-refractivity contribution >= 4 is 62.3 Å². The summed E-state index contributed by atoms with van der Waals surface area (Å²) in [6.07, 6.45) is 0.278. The van der Waals surface area contributed by atoms with Crippen LogP contribution in [0.25, 0.3) is 0 Å². The van der Waals surface area contributed by atoms with Crippen LogP contribution in [0.3, 0.4) is 0 Å². The summed E-state index contributed by atoms with van der Waals surface area (Å²) in [6, 6.07) is 16.2. The Morgan fingerprint density at radius 3 is 2.21 bits per heavy atom. The first-order valence-corrected chi connectivity index (χ1v) is 15.9. The number of sulfonamides is 1. The molecule has 0 aliphatic carbocycles. The van der Waals surface area contributed by atoms with Gasteiger partial charge in [-0.1, -0.05) is 79.8 Å². The van der Waals surface area contributed by atoms with Gasteiger partial charge in [0.2, 0.25) is 11.8 Å². The monoisotopic (exact) mass is 653 g/mol. The number of nitrogens with zero attached hydrogens (tertiary/aromatic N) is 2. The van der Waals surface area contributed by atoms with Crippen LogP contribution in [0.15, 0.2) is 71.6 Å². The zero-order valence-corrected chi connectivity index (χ0v) is 26.9. The van der Waals surface area contributed by atoms with Gasteiger partial charge in [0.05, 0.1) is 22.7 Å². The molecule has 1 N–H and O–H groups in total. The molecule has 0 fully saturated rings. The fourth-order valence-electron chi connectivity index (χ4n) is 4.23. The predicted octanol–water partition coefficient (Wildman–Crippen LogP) is 6.43. The first kappa shape index (κ1) is 33.5. The molecule has 3 rings (SSSR count). The van der Waals surface area contributed by atoms with Crippen molar-refractivity contribution in [3.63, 3.8) is 0 Å². The highest BCUT2D eigenvalue weighted by Gasteiger charge is 2.34. The van der Waals surface area contributed by atoms with Gasteiger partial charge in [0, 0.05) is 23.1 Å². The van der Waals surface area contributed by atoms with E-state index in [1.807, 2.05) is 13.8 Å². The third kappa shape index (κ3) is 8.31. The van der Waals surface area contributed by atoms with E-state index >= 15 is 0 Å². The van der Waals surface area contributed by atoms with Crippen LogP contribution in [0, 0.1) is 5.92 Å². The first-order chi connectivity index (χ1) is 19.9. The van der Waals surface area contributed by atoms with Gasteiger partial charge in [-0.25, -0.2) is 8.42 Å². The van der Waals surface area contributed by atoms with E-state index in [9.17, 15) is 18.0 Å². The van der Waals surface area contributed by atoms with Crippen LogP contribution in [0.2, 0.25) is 15.1 Å². The zero-order chi connectivity index (χ0) is 31.0. The molecule has 0 radical (unpaired) electrons. The van der Waals surface area contributed by atoms with E-state index in [1.54, 1.807) is 43.3 Å².